The Morgan fingerprint density at radius 3 is 2.30 bits per heavy atom. The fourth-order valence-electron chi connectivity index (χ4n) is 6.11. The van der Waals surface area contributed by atoms with Crippen LogP contribution in [0.4, 0.5) is 30.7 Å². The third-order valence-electron chi connectivity index (χ3n) is 7.78. The van der Waals surface area contributed by atoms with Gasteiger partial charge in [-0.3, -0.25) is 9.59 Å². The topological polar surface area (TPSA) is 69.6 Å². The molecule has 0 aromatic heterocycles. The number of carbonyl (C=O) groups excluding carboxylic acids is 2. The van der Waals surface area contributed by atoms with E-state index in [1.807, 2.05) is 0 Å². The highest BCUT2D eigenvalue weighted by Crippen LogP contribution is 2.54. The normalized spacial score (nSPS) is 26.8. The molecular weight excluding hydrogens is 509 g/mol. The van der Waals surface area contributed by atoms with Crippen LogP contribution >= 0.6 is 0 Å². The lowest BCUT2D eigenvalue weighted by Gasteiger charge is -2.34. The zero-order chi connectivity index (χ0) is 27.6. The number of nitrogens with zero attached hydrogens (tertiary/aromatic N) is 1. The van der Waals surface area contributed by atoms with Gasteiger partial charge in [-0.1, -0.05) is 18.2 Å². The molecule has 2 fully saturated rings. The first kappa shape index (κ1) is 27.7. The molecule has 1 aliphatic heterocycles. The first-order valence-corrected chi connectivity index (χ1v) is 12.2. The molecule has 12 heteroatoms. The van der Waals surface area contributed by atoms with Crippen molar-refractivity contribution < 1.29 is 45.4 Å². The number of β-amino-alcohol motifs (C(OH)–C–C–N with tert-alkyl or cyclic N) is 1. The van der Waals surface area contributed by atoms with E-state index in [-0.39, 0.29) is 61.2 Å². The van der Waals surface area contributed by atoms with Crippen LogP contribution in [-0.2, 0) is 21.7 Å². The van der Waals surface area contributed by atoms with Gasteiger partial charge in [0.1, 0.15) is 0 Å². The number of carbonyl (C=O) groups is 2. The molecule has 4 rings (SSSR count). The standard InChI is InChI=1S/C25H29F7N2O3/c1-22(2,37)12-34-11-14(10-20(34)35)21(36)33-19-8-7-17-16-6-4-15(9-13(16)3-5-18(17)19)23(26,24(27,28)29)25(30,31)32/h4,6,9,14,17-19,37H,3,5,7-8,10-12H2,1-2H3,(H,33,36)/t14-,17-,18+,19+/m0/s1. The summed E-state index contributed by atoms with van der Waals surface area (Å²) in [5.41, 5.74) is -7.21. The van der Waals surface area contributed by atoms with Gasteiger partial charge in [0, 0.05) is 31.1 Å². The number of amides is 2. The van der Waals surface area contributed by atoms with Crippen LogP contribution in [0.3, 0.4) is 0 Å². The van der Waals surface area contributed by atoms with E-state index in [4.69, 9.17) is 0 Å². The second-order valence-electron chi connectivity index (χ2n) is 11.1. The van der Waals surface area contributed by atoms with Crippen LogP contribution in [0.15, 0.2) is 18.2 Å². The Morgan fingerprint density at radius 1 is 1.05 bits per heavy atom. The SMILES string of the molecule is CC(C)(O)CN1C[C@@H](C(=O)N[C@@H]2CC[C@H]3c4ccc(C(F)(C(F)(F)F)C(F)(F)F)cc4CC[C@@H]23)CC1=O. The van der Waals surface area contributed by atoms with Gasteiger partial charge >= 0.3 is 18.0 Å². The van der Waals surface area contributed by atoms with Crippen molar-refractivity contribution in [1.29, 1.82) is 0 Å². The monoisotopic (exact) mass is 538 g/mol. The van der Waals surface area contributed by atoms with Crippen LogP contribution in [0.1, 0.15) is 62.1 Å². The van der Waals surface area contributed by atoms with Crippen LogP contribution in [0, 0.1) is 11.8 Å². The zero-order valence-electron chi connectivity index (χ0n) is 20.3. The fourth-order valence-corrected chi connectivity index (χ4v) is 6.11. The van der Waals surface area contributed by atoms with Gasteiger partial charge in [0.05, 0.1) is 11.5 Å². The summed E-state index contributed by atoms with van der Waals surface area (Å²) >= 11 is 0. The second kappa shape index (κ2) is 9.13. The molecule has 2 N–H and O–H groups in total. The second-order valence-corrected chi connectivity index (χ2v) is 11.1. The van der Waals surface area contributed by atoms with Crippen LogP contribution in [0.25, 0.3) is 0 Å². The van der Waals surface area contributed by atoms with E-state index < -0.39 is 35.1 Å². The summed E-state index contributed by atoms with van der Waals surface area (Å²) < 4.78 is 93.7. The summed E-state index contributed by atoms with van der Waals surface area (Å²) in [6.07, 6.45) is -10.6. The van der Waals surface area contributed by atoms with Crippen molar-refractivity contribution in [3.05, 3.63) is 34.9 Å². The van der Waals surface area contributed by atoms with E-state index in [0.29, 0.717) is 37.0 Å². The molecule has 1 saturated heterocycles. The lowest BCUT2D eigenvalue weighted by molar-refractivity contribution is -0.348. The average Bonchev–Trinajstić information content (AvgIpc) is 3.33. The van der Waals surface area contributed by atoms with Crippen molar-refractivity contribution in [3.8, 4) is 0 Å². The van der Waals surface area contributed by atoms with Crippen molar-refractivity contribution in [2.45, 2.75) is 81.5 Å². The van der Waals surface area contributed by atoms with Gasteiger partial charge in [-0.15, -0.1) is 0 Å². The van der Waals surface area contributed by atoms with Gasteiger partial charge < -0.3 is 15.3 Å². The number of rotatable bonds is 5. The van der Waals surface area contributed by atoms with Crippen LogP contribution in [-0.4, -0.2) is 58.9 Å². The molecule has 4 atom stereocenters. The molecule has 0 spiro atoms. The Morgan fingerprint density at radius 2 is 1.70 bits per heavy atom. The molecule has 1 heterocycles. The number of hydrogen-bond donors (Lipinski definition) is 2. The minimum absolute atomic E-state index is 0.0255. The van der Waals surface area contributed by atoms with Crippen LogP contribution < -0.4 is 5.32 Å². The predicted molar refractivity (Wildman–Crippen MR) is 118 cm³/mol. The van der Waals surface area contributed by atoms with Gasteiger partial charge in [-0.25, -0.2) is 4.39 Å². The number of aliphatic hydroxyl groups is 1. The largest absolute Gasteiger partial charge is 0.435 e. The number of alkyl halides is 7. The molecule has 2 aliphatic carbocycles. The van der Waals surface area contributed by atoms with E-state index in [9.17, 15) is 45.4 Å². The quantitative estimate of drug-likeness (QED) is 0.542. The first-order chi connectivity index (χ1) is 16.9. The Labute approximate surface area is 209 Å². The Kier molecular flexibility index (Phi) is 6.82. The molecule has 0 radical (unpaired) electrons. The lowest BCUT2D eigenvalue weighted by atomic mass is 9.74. The molecule has 37 heavy (non-hydrogen) atoms. The minimum Gasteiger partial charge on any atom is -0.389 e. The van der Waals surface area contributed by atoms with Crippen molar-refractivity contribution in [2.24, 2.45) is 11.8 Å². The summed E-state index contributed by atoms with van der Waals surface area (Å²) in [4.78, 5) is 26.6. The number of fused-ring (bicyclic) bond motifs is 3. The number of nitrogens with one attached hydrogen (secondary N) is 1. The van der Waals surface area contributed by atoms with E-state index in [2.05, 4.69) is 5.32 Å². The Balaban J connectivity index is 1.47. The van der Waals surface area contributed by atoms with Crippen LogP contribution in [0.2, 0.25) is 0 Å². The summed E-state index contributed by atoms with van der Waals surface area (Å²) in [5, 5.41) is 13.0. The number of aryl methyl sites for hydroxylation is 1. The lowest BCUT2D eigenvalue weighted by Crippen LogP contribution is -2.50. The van der Waals surface area contributed by atoms with Gasteiger partial charge in [-0.05, 0) is 62.5 Å². The van der Waals surface area contributed by atoms with Gasteiger partial charge in [0.2, 0.25) is 11.8 Å². The number of halogens is 7. The van der Waals surface area contributed by atoms with Crippen molar-refractivity contribution in [3.63, 3.8) is 0 Å². The van der Waals surface area contributed by atoms with E-state index in [0.717, 1.165) is 6.07 Å². The molecular formula is C25H29F7N2O3. The smallest absolute Gasteiger partial charge is 0.389 e. The maximum atomic E-state index is 14.5. The Bertz CT molecular complexity index is 1050. The van der Waals surface area contributed by atoms with Crippen molar-refractivity contribution in [1.82, 2.24) is 10.2 Å². The maximum absolute atomic E-state index is 14.5. The highest BCUT2D eigenvalue weighted by atomic mass is 19.4. The van der Waals surface area contributed by atoms with E-state index in [1.165, 1.54) is 4.90 Å². The molecule has 2 amide bonds. The Hall–Kier alpha value is -2.37. The molecule has 3 aliphatic rings. The van der Waals surface area contributed by atoms with Crippen LogP contribution in [0.5, 0.6) is 0 Å². The number of likely N-dealkylation sites (tertiary alicyclic amines) is 1. The highest BCUT2D eigenvalue weighted by molar-refractivity contribution is 5.89. The van der Waals surface area contributed by atoms with Crippen molar-refractivity contribution >= 4 is 11.8 Å². The third kappa shape index (κ3) is 5.05. The summed E-state index contributed by atoms with van der Waals surface area (Å²) in [6.45, 7) is 3.42. The van der Waals surface area contributed by atoms with Gasteiger partial charge in [-0.2, -0.15) is 26.3 Å². The van der Waals surface area contributed by atoms with Gasteiger partial charge in [0.15, 0.2) is 0 Å². The summed E-state index contributed by atoms with van der Waals surface area (Å²) in [5.74, 6) is -1.36. The van der Waals surface area contributed by atoms with E-state index in [1.54, 1.807) is 13.8 Å². The maximum Gasteiger partial charge on any atom is 0.435 e. The molecule has 206 valence electrons. The number of hydrogen-bond acceptors (Lipinski definition) is 3. The van der Waals surface area contributed by atoms with E-state index >= 15 is 0 Å². The molecule has 5 nitrogen and oxygen atoms in total. The summed E-state index contributed by atoms with van der Waals surface area (Å²) in [7, 11) is 0. The van der Waals surface area contributed by atoms with Crippen molar-refractivity contribution in [2.75, 3.05) is 13.1 Å². The minimum atomic E-state index is -6.16. The highest BCUT2D eigenvalue weighted by Gasteiger charge is 2.73. The predicted octanol–water partition coefficient (Wildman–Crippen LogP) is 4.52. The molecule has 0 bridgehead atoms. The molecule has 1 aromatic carbocycles. The number of benzene rings is 1. The molecule has 1 saturated carbocycles. The molecule has 1 aromatic rings. The fraction of sp³-hybridized carbons (Fsp3) is 0.680. The molecule has 0 unspecified atom stereocenters. The summed E-state index contributed by atoms with van der Waals surface area (Å²) in [6, 6.07) is 2.14. The van der Waals surface area contributed by atoms with Gasteiger partial charge in [0.25, 0.3) is 0 Å². The zero-order valence-corrected chi connectivity index (χ0v) is 20.3. The first-order valence-electron chi connectivity index (χ1n) is 12.2. The average molecular weight is 539 g/mol. The third-order valence-corrected chi connectivity index (χ3v) is 7.78.